The number of anilines is 6. The summed E-state index contributed by atoms with van der Waals surface area (Å²) in [6, 6.07) is 79.2. The van der Waals surface area contributed by atoms with E-state index in [2.05, 4.69) is 302 Å². The first-order chi connectivity index (χ1) is 40.1. The largest absolute Gasteiger partial charge is 0.310 e. The summed E-state index contributed by atoms with van der Waals surface area (Å²) in [5, 5.41) is 2.40. The van der Waals surface area contributed by atoms with Crippen molar-refractivity contribution in [2.75, 3.05) is 9.80 Å². The number of rotatable bonds is 9. The minimum Gasteiger partial charge on any atom is -0.310 e. The van der Waals surface area contributed by atoms with Gasteiger partial charge in [0.25, 0.3) is 0 Å². The average Bonchev–Trinajstić information content (AvgIpc) is 2.96. The molecule has 0 spiro atoms. The van der Waals surface area contributed by atoms with Gasteiger partial charge in [0.15, 0.2) is 0 Å². The van der Waals surface area contributed by atoms with Gasteiger partial charge in [0.2, 0.25) is 0 Å². The summed E-state index contributed by atoms with van der Waals surface area (Å²) in [5.74, 6) is 0.290. The van der Waals surface area contributed by atoms with Crippen molar-refractivity contribution in [2.45, 2.75) is 104 Å². The van der Waals surface area contributed by atoms with Gasteiger partial charge in [-0.2, -0.15) is 0 Å². The molecular weight excluding hydrogens is 1000 g/mol. The van der Waals surface area contributed by atoms with E-state index < -0.39 is 0 Å². The lowest BCUT2D eigenvalue weighted by atomic mass is 9.80. The molecule has 0 saturated heterocycles. The molecule has 1 aromatic heterocycles. The van der Waals surface area contributed by atoms with Crippen LogP contribution in [0, 0.1) is 13.8 Å². The van der Waals surface area contributed by atoms with E-state index in [0.29, 0.717) is 5.92 Å². The molecule has 0 fully saturated rings. The van der Waals surface area contributed by atoms with Gasteiger partial charge in [0.1, 0.15) is 0 Å². The Bertz CT molecular complexity index is 4590. The van der Waals surface area contributed by atoms with Gasteiger partial charge in [0.05, 0.1) is 11.0 Å². The fourth-order valence-electron chi connectivity index (χ4n) is 15.2. The number of hydrogen-bond donors (Lipinski definition) is 0. The Labute approximate surface area is 490 Å². The minimum absolute atomic E-state index is 0.117. The van der Waals surface area contributed by atoms with Crippen LogP contribution < -0.4 is 9.80 Å². The highest BCUT2D eigenvalue weighted by atomic mass is 15.2. The molecule has 0 radical (unpaired) electrons. The number of allylic oxidation sites excluding steroid dienone is 4. The van der Waals surface area contributed by atoms with Gasteiger partial charge in [-0.3, -0.25) is 0 Å². The van der Waals surface area contributed by atoms with Crippen LogP contribution in [-0.2, 0) is 16.2 Å². The fourth-order valence-corrected chi connectivity index (χ4v) is 15.2. The van der Waals surface area contributed by atoms with E-state index in [0.717, 1.165) is 47.0 Å². The summed E-state index contributed by atoms with van der Waals surface area (Å²) < 4.78 is 2.48. The second kappa shape index (κ2) is 18.5. The molecule has 10 aromatic carbocycles. The number of benzene rings is 10. The number of aromatic nitrogens is 1. The Kier molecular flexibility index (Phi) is 11.4. The molecule has 1 heterocycles. The van der Waals surface area contributed by atoms with Crippen LogP contribution in [0.3, 0.4) is 0 Å². The van der Waals surface area contributed by atoms with Crippen LogP contribution in [0.15, 0.2) is 224 Å². The molecule has 0 unspecified atom stereocenters. The van der Waals surface area contributed by atoms with Gasteiger partial charge in [-0.25, -0.2) is 0 Å². The number of nitrogens with zero attached hydrogens (tertiary/aromatic N) is 3. The van der Waals surface area contributed by atoms with Crippen LogP contribution in [0.5, 0.6) is 0 Å². The molecule has 0 saturated carbocycles. The Morgan fingerprint density at radius 1 is 0.398 bits per heavy atom. The molecule has 3 heteroatoms. The van der Waals surface area contributed by atoms with Crippen molar-refractivity contribution in [2.24, 2.45) is 0 Å². The first kappa shape index (κ1) is 51.0. The van der Waals surface area contributed by atoms with E-state index in [1.54, 1.807) is 0 Å². The molecule has 4 aliphatic rings. The van der Waals surface area contributed by atoms with Gasteiger partial charge in [-0.15, -0.1) is 0 Å². The minimum atomic E-state index is -0.167. The van der Waals surface area contributed by atoms with E-state index >= 15 is 0 Å². The quantitative estimate of drug-likeness (QED) is 0.143. The fraction of sp³-hybridized carbons (Fsp3) is 0.200. The molecule has 15 rings (SSSR count). The van der Waals surface area contributed by atoms with E-state index in [1.807, 2.05) is 0 Å². The second-order valence-electron chi connectivity index (χ2n) is 26.0. The molecule has 406 valence electrons. The molecule has 3 nitrogen and oxygen atoms in total. The summed E-state index contributed by atoms with van der Waals surface area (Å²) >= 11 is 0. The van der Waals surface area contributed by atoms with Crippen molar-refractivity contribution in [1.29, 1.82) is 0 Å². The highest BCUT2D eigenvalue weighted by molar-refractivity contribution is 6.12. The van der Waals surface area contributed by atoms with Crippen LogP contribution in [-0.4, -0.2) is 4.57 Å². The van der Waals surface area contributed by atoms with Gasteiger partial charge in [0, 0.05) is 66.8 Å². The predicted octanol–water partition coefficient (Wildman–Crippen LogP) is 22.1. The highest BCUT2D eigenvalue weighted by Crippen LogP contribution is 2.56. The van der Waals surface area contributed by atoms with Gasteiger partial charge >= 0.3 is 0 Å². The third-order valence-electron chi connectivity index (χ3n) is 19.6. The van der Waals surface area contributed by atoms with Crippen molar-refractivity contribution < 1.29 is 0 Å². The van der Waals surface area contributed by atoms with Crippen molar-refractivity contribution in [3.05, 3.63) is 274 Å². The summed E-state index contributed by atoms with van der Waals surface area (Å²) in [6.07, 6.45) is 6.94. The van der Waals surface area contributed by atoms with E-state index in [1.165, 1.54) is 122 Å². The van der Waals surface area contributed by atoms with Crippen LogP contribution in [0.2, 0.25) is 0 Å². The van der Waals surface area contributed by atoms with Crippen LogP contribution in [0.4, 0.5) is 34.1 Å². The number of hydrogen-bond acceptors (Lipinski definition) is 2. The maximum atomic E-state index is 2.54. The lowest BCUT2D eigenvalue weighted by Crippen LogP contribution is -2.18. The molecule has 0 aliphatic heterocycles. The molecule has 0 atom stereocenters. The average molecular weight is 1070 g/mol. The Morgan fingerprint density at radius 3 is 1.36 bits per heavy atom. The lowest BCUT2D eigenvalue weighted by molar-refractivity contribution is 0.651. The number of fused-ring (bicyclic) bond motifs is 11. The third-order valence-corrected chi connectivity index (χ3v) is 19.6. The lowest BCUT2D eigenvalue weighted by Gasteiger charge is -2.30. The first-order valence-electron chi connectivity index (χ1n) is 30.1. The number of aryl methyl sites for hydroxylation is 2. The van der Waals surface area contributed by atoms with Crippen molar-refractivity contribution >= 4 is 61.5 Å². The third kappa shape index (κ3) is 7.69. The SMILES string of the molecule is Cc1ccc(-n2c3ccc(N(c4ccc(-c5ccccc5C)c(C(C)C)c4)c4ccc5c(c4)C(C)(C)c4ccccc4-5)cc3c3cc(N(c4ccc5c(c4)C(C)(C)C4=C5CCC=C4)c4ccc5c(c4)C(C)(C)c4ccccc4-5)ccc32)cc1. The van der Waals surface area contributed by atoms with E-state index in [4.69, 9.17) is 0 Å². The Hall–Kier alpha value is -8.92. The van der Waals surface area contributed by atoms with Gasteiger partial charge in [-0.05, 0) is 219 Å². The predicted molar refractivity (Wildman–Crippen MR) is 353 cm³/mol. The standard InChI is InChI=1S/C80H71N3/c1-49(2)67-43-53(31-37-60(67)59-20-12-11-19-51(59)4)81(56-32-38-64-61-21-13-16-24-70(61)78(5,6)73(64)46-56)54-35-41-76-68(44-54)69-45-55(36-42-77(69)83(76)52-29-27-50(3)28-30-52)82(57-33-39-65-62-22-14-17-25-71(62)79(7,8)74(65)47-57)58-34-40-66-63-23-15-18-26-72(63)80(9,10)75(66)48-58/h11-14,16-22,24-49H,15,23H2,1-10H3. The maximum absolute atomic E-state index is 2.54. The normalized spacial score (nSPS) is 15.6. The van der Waals surface area contributed by atoms with Crippen molar-refractivity contribution in [1.82, 2.24) is 4.57 Å². The van der Waals surface area contributed by atoms with Crippen molar-refractivity contribution in [3.63, 3.8) is 0 Å². The zero-order valence-electron chi connectivity index (χ0n) is 49.6. The Morgan fingerprint density at radius 2 is 0.831 bits per heavy atom. The van der Waals surface area contributed by atoms with Crippen LogP contribution in [0.1, 0.15) is 124 Å². The zero-order chi connectivity index (χ0) is 56.8. The van der Waals surface area contributed by atoms with Crippen molar-refractivity contribution in [3.8, 4) is 39.1 Å². The van der Waals surface area contributed by atoms with Gasteiger partial charge < -0.3 is 14.4 Å². The summed E-state index contributed by atoms with van der Waals surface area (Å²) in [5.41, 5.74) is 32.9. The molecule has 4 aliphatic carbocycles. The first-order valence-corrected chi connectivity index (χ1v) is 30.1. The molecule has 0 N–H and O–H groups in total. The molecule has 11 aromatic rings. The monoisotopic (exact) mass is 1070 g/mol. The van der Waals surface area contributed by atoms with E-state index in [-0.39, 0.29) is 16.2 Å². The van der Waals surface area contributed by atoms with E-state index in [9.17, 15) is 0 Å². The van der Waals surface area contributed by atoms with Gasteiger partial charge in [-0.1, -0.05) is 182 Å². The molecule has 0 bridgehead atoms. The van der Waals surface area contributed by atoms with Crippen LogP contribution >= 0.6 is 0 Å². The zero-order valence-corrected chi connectivity index (χ0v) is 49.6. The Balaban J connectivity index is 0.964. The molecule has 83 heavy (non-hydrogen) atoms. The summed E-state index contributed by atoms with van der Waals surface area (Å²) in [6.45, 7) is 23.5. The second-order valence-corrected chi connectivity index (χ2v) is 26.0. The smallest absolute Gasteiger partial charge is 0.0542 e. The topological polar surface area (TPSA) is 11.4 Å². The maximum Gasteiger partial charge on any atom is 0.0542 e. The summed E-state index contributed by atoms with van der Waals surface area (Å²) in [7, 11) is 0. The van der Waals surface area contributed by atoms with Crippen LogP contribution in [0.25, 0.3) is 66.4 Å². The molecular formula is C80H71N3. The summed E-state index contributed by atoms with van der Waals surface area (Å²) in [4.78, 5) is 5.07. The molecule has 0 amide bonds. The highest BCUT2D eigenvalue weighted by Gasteiger charge is 2.40.